The van der Waals surface area contributed by atoms with Crippen LogP contribution in [0.1, 0.15) is 39.5 Å². The maximum atomic E-state index is 13.2. The Bertz CT molecular complexity index is 1370. The smallest absolute Gasteiger partial charge is 0.257 e. The highest BCUT2D eigenvalue weighted by molar-refractivity contribution is 7.18. The lowest BCUT2D eigenvalue weighted by Crippen LogP contribution is -2.29. The summed E-state index contributed by atoms with van der Waals surface area (Å²) in [4.78, 5) is 38.0. The Balaban J connectivity index is 1.51. The summed E-state index contributed by atoms with van der Waals surface area (Å²) in [6.07, 6.45) is 5.52. The summed E-state index contributed by atoms with van der Waals surface area (Å²) < 4.78 is 1.93. The van der Waals surface area contributed by atoms with E-state index in [0.717, 1.165) is 15.3 Å². The molecule has 4 aromatic rings. The molecule has 35 heavy (non-hydrogen) atoms. The average Bonchev–Trinajstić information content (AvgIpc) is 3.28. The van der Waals surface area contributed by atoms with Gasteiger partial charge in [0.1, 0.15) is 16.5 Å². The van der Waals surface area contributed by atoms with Crippen molar-refractivity contribution in [2.75, 3.05) is 13.6 Å². The number of rotatable bonds is 9. The molecular formula is C25H26ClN5O3S. The summed E-state index contributed by atoms with van der Waals surface area (Å²) in [5, 5.41) is 14.4. The van der Waals surface area contributed by atoms with E-state index in [1.165, 1.54) is 11.3 Å². The van der Waals surface area contributed by atoms with Crippen LogP contribution in [0.15, 0.2) is 59.9 Å². The Hall–Kier alpha value is -3.11. The number of nitrogens with one attached hydrogen (secondary N) is 1. The second kappa shape index (κ2) is 11.1. The molecule has 0 bridgehead atoms. The Labute approximate surface area is 211 Å². The zero-order valence-electron chi connectivity index (χ0n) is 19.4. The summed E-state index contributed by atoms with van der Waals surface area (Å²) >= 11 is 7.43. The summed E-state index contributed by atoms with van der Waals surface area (Å²) in [6.45, 7) is 3.80. The first-order valence-electron chi connectivity index (χ1n) is 11.2. The van der Waals surface area contributed by atoms with Gasteiger partial charge in [-0.05, 0) is 37.7 Å². The average molecular weight is 512 g/mol. The van der Waals surface area contributed by atoms with Crippen LogP contribution >= 0.6 is 22.9 Å². The number of fused-ring (bicyclic) bond motifs is 1. The highest BCUT2D eigenvalue weighted by atomic mass is 35.5. The fourth-order valence-electron chi connectivity index (χ4n) is 3.78. The minimum absolute atomic E-state index is 0.115. The third kappa shape index (κ3) is 5.94. The molecular weight excluding hydrogens is 486 g/mol. The van der Waals surface area contributed by atoms with E-state index in [1.807, 2.05) is 41.6 Å². The summed E-state index contributed by atoms with van der Waals surface area (Å²) in [5.41, 5.74) is 1.23. The number of hydrogen-bond acceptors (Lipinski definition) is 7. The van der Waals surface area contributed by atoms with Crippen LogP contribution in [-0.2, 0) is 19.6 Å². The number of halogens is 1. The molecule has 0 aliphatic rings. The zero-order valence-corrected chi connectivity index (χ0v) is 21.0. The highest BCUT2D eigenvalue weighted by Gasteiger charge is 2.19. The minimum Gasteiger partial charge on any atom is -0.385 e. The number of aryl methyl sites for hydroxylation is 1. The molecule has 8 nitrogen and oxygen atoms in total. The number of aromatic nitrogens is 3. The van der Waals surface area contributed by atoms with Gasteiger partial charge in [-0.2, -0.15) is 0 Å². The number of benzene rings is 1. The number of likely N-dealkylation sites (N-methyl/N-ethyl adjacent to an activating group) is 1. The summed E-state index contributed by atoms with van der Waals surface area (Å²) in [7, 11) is 1.89. The van der Waals surface area contributed by atoms with E-state index in [-0.39, 0.29) is 11.0 Å². The molecule has 1 aromatic carbocycles. The van der Waals surface area contributed by atoms with Crippen LogP contribution in [0.5, 0.6) is 0 Å². The molecule has 0 aliphatic carbocycles. The summed E-state index contributed by atoms with van der Waals surface area (Å²) in [5.74, 6) is -0.411. The third-order valence-corrected chi connectivity index (χ3v) is 6.99. The zero-order chi connectivity index (χ0) is 24.9. The lowest BCUT2D eigenvalue weighted by molar-refractivity contribution is 0.0949. The number of aliphatic hydroxyl groups is 1. The molecule has 1 unspecified atom stereocenters. The quantitative estimate of drug-likeness (QED) is 0.356. The molecule has 10 heteroatoms. The van der Waals surface area contributed by atoms with Gasteiger partial charge in [0.05, 0.1) is 17.3 Å². The molecule has 1 atom stereocenters. The van der Waals surface area contributed by atoms with Gasteiger partial charge in [-0.3, -0.25) is 24.5 Å². The number of thiophene rings is 1. The van der Waals surface area contributed by atoms with Crippen molar-refractivity contribution in [1.29, 1.82) is 0 Å². The van der Waals surface area contributed by atoms with Crippen molar-refractivity contribution in [2.45, 2.75) is 32.7 Å². The van der Waals surface area contributed by atoms with Gasteiger partial charge in [0.2, 0.25) is 5.43 Å². The van der Waals surface area contributed by atoms with E-state index in [0.29, 0.717) is 42.3 Å². The fraction of sp³-hybridized carbons (Fsp3) is 0.280. The van der Waals surface area contributed by atoms with Crippen molar-refractivity contribution in [2.24, 2.45) is 0 Å². The maximum absolute atomic E-state index is 13.2. The first-order chi connectivity index (χ1) is 16.9. The van der Waals surface area contributed by atoms with Gasteiger partial charge in [0.15, 0.2) is 0 Å². The lowest BCUT2D eigenvalue weighted by Gasteiger charge is -2.19. The van der Waals surface area contributed by atoms with E-state index in [2.05, 4.69) is 15.3 Å². The number of aliphatic hydroxyl groups excluding tert-OH is 1. The number of amides is 1. The Morgan fingerprint density at radius 2 is 2.06 bits per heavy atom. The van der Waals surface area contributed by atoms with Crippen LogP contribution in [0.2, 0.25) is 5.02 Å². The number of hydrogen-bond donors (Lipinski definition) is 2. The molecule has 0 radical (unpaired) electrons. The number of carbonyl (C=O) groups excluding carboxylic acids is 1. The number of carbonyl (C=O) groups is 1. The van der Waals surface area contributed by atoms with Gasteiger partial charge >= 0.3 is 0 Å². The molecule has 1 amide bonds. The van der Waals surface area contributed by atoms with Gasteiger partial charge in [0.25, 0.3) is 5.91 Å². The molecule has 0 saturated carbocycles. The highest BCUT2D eigenvalue weighted by Crippen LogP contribution is 2.26. The van der Waals surface area contributed by atoms with Gasteiger partial charge < -0.3 is 15.0 Å². The first kappa shape index (κ1) is 25.0. The van der Waals surface area contributed by atoms with E-state index in [4.69, 9.17) is 11.6 Å². The normalized spacial score (nSPS) is 12.3. The van der Waals surface area contributed by atoms with Crippen molar-refractivity contribution in [3.05, 3.63) is 92.1 Å². The van der Waals surface area contributed by atoms with Crippen LogP contribution in [-0.4, -0.2) is 44.0 Å². The topological polar surface area (TPSA) is 100 Å². The van der Waals surface area contributed by atoms with Crippen LogP contribution < -0.4 is 10.7 Å². The Morgan fingerprint density at radius 3 is 2.74 bits per heavy atom. The van der Waals surface area contributed by atoms with E-state index in [1.54, 1.807) is 36.9 Å². The Kier molecular flexibility index (Phi) is 7.92. The van der Waals surface area contributed by atoms with Crippen LogP contribution in [0.3, 0.4) is 0 Å². The van der Waals surface area contributed by atoms with E-state index in [9.17, 15) is 14.7 Å². The second-order valence-electron chi connectivity index (χ2n) is 8.24. The lowest BCUT2D eigenvalue weighted by atomic mass is 10.1. The van der Waals surface area contributed by atoms with Crippen molar-refractivity contribution >= 4 is 39.1 Å². The summed E-state index contributed by atoms with van der Waals surface area (Å²) in [6, 6.07) is 9.03. The number of pyridine rings is 1. The first-order valence-corrected chi connectivity index (χ1v) is 12.4. The molecule has 4 rings (SSSR count). The largest absolute Gasteiger partial charge is 0.385 e. The molecule has 0 spiro atoms. The van der Waals surface area contributed by atoms with Crippen molar-refractivity contribution < 1.29 is 9.90 Å². The maximum Gasteiger partial charge on any atom is 0.257 e. The molecule has 0 saturated heterocycles. The van der Waals surface area contributed by atoms with E-state index >= 15 is 0 Å². The predicted molar refractivity (Wildman–Crippen MR) is 138 cm³/mol. The van der Waals surface area contributed by atoms with Crippen molar-refractivity contribution in [1.82, 2.24) is 24.8 Å². The molecule has 3 heterocycles. The predicted octanol–water partition coefficient (Wildman–Crippen LogP) is 3.62. The van der Waals surface area contributed by atoms with Gasteiger partial charge in [-0.15, -0.1) is 11.3 Å². The van der Waals surface area contributed by atoms with Gasteiger partial charge in [-0.1, -0.05) is 23.7 Å². The Morgan fingerprint density at radius 1 is 1.29 bits per heavy atom. The minimum atomic E-state index is -0.769. The monoisotopic (exact) mass is 511 g/mol. The molecule has 2 N–H and O–H groups in total. The van der Waals surface area contributed by atoms with Crippen LogP contribution in [0.25, 0.3) is 10.2 Å². The van der Waals surface area contributed by atoms with Gasteiger partial charge in [-0.25, -0.2) is 0 Å². The second-order valence-corrected chi connectivity index (χ2v) is 9.79. The van der Waals surface area contributed by atoms with Crippen molar-refractivity contribution in [3.63, 3.8) is 0 Å². The molecule has 0 fully saturated rings. The van der Waals surface area contributed by atoms with Crippen LogP contribution in [0.4, 0.5) is 0 Å². The van der Waals surface area contributed by atoms with Gasteiger partial charge in [0, 0.05) is 54.7 Å². The van der Waals surface area contributed by atoms with Crippen LogP contribution in [0, 0.1) is 0 Å². The molecule has 0 aliphatic heterocycles. The SMILES string of the molecule is CCn1cc(C(=O)NCc2ccc(Cl)cc2)c(=O)c2cc(CN(C)CC(O)c3cnccn3)sc21. The third-order valence-electron chi connectivity index (χ3n) is 5.59. The molecule has 3 aromatic heterocycles. The molecule has 182 valence electrons. The fourth-order valence-corrected chi connectivity index (χ4v) is 5.18. The number of nitrogens with zero attached hydrogens (tertiary/aromatic N) is 4. The van der Waals surface area contributed by atoms with Crippen molar-refractivity contribution in [3.8, 4) is 0 Å². The van der Waals surface area contributed by atoms with E-state index < -0.39 is 12.0 Å². The standard InChI is InChI=1S/C25H26ClN5O3S/c1-3-31-14-20(24(34)29-11-16-4-6-17(26)7-5-16)23(33)19-10-18(35-25(19)31)13-30(2)15-22(32)21-12-27-8-9-28-21/h4-10,12,14,22,32H,3,11,13,15H2,1-2H3,(H,29,34).